The van der Waals surface area contributed by atoms with Crippen LogP contribution in [-0.4, -0.2) is 16.7 Å². The minimum Gasteiger partial charge on any atom is -0.490 e. The third kappa shape index (κ3) is 4.50. The summed E-state index contributed by atoms with van der Waals surface area (Å²) in [6.07, 6.45) is 1.19. The molecule has 7 nitrogen and oxygen atoms in total. The molecule has 0 atom stereocenters. The zero-order valence-corrected chi connectivity index (χ0v) is 17.2. The van der Waals surface area contributed by atoms with E-state index in [1.807, 2.05) is 6.07 Å². The number of hydrogen-bond acceptors (Lipinski definition) is 5. The predicted molar refractivity (Wildman–Crippen MR) is 107 cm³/mol. The third-order valence-corrected chi connectivity index (χ3v) is 4.73. The quantitative estimate of drug-likeness (QED) is 0.599. The van der Waals surface area contributed by atoms with Crippen molar-refractivity contribution < 1.29 is 13.9 Å². The summed E-state index contributed by atoms with van der Waals surface area (Å²) < 4.78 is 27.0. The molecule has 3 aromatic rings. The molecule has 1 N–H and O–H groups in total. The van der Waals surface area contributed by atoms with Gasteiger partial charge in [0, 0.05) is 10.6 Å². The minimum atomic E-state index is -0.727. The van der Waals surface area contributed by atoms with Crippen LogP contribution in [0.15, 0.2) is 50.6 Å². The Kier molecular flexibility index (Phi) is 6.06. The van der Waals surface area contributed by atoms with Crippen LogP contribution in [-0.2, 0) is 6.54 Å². The lowest BCUT2D eigenvalue weighted by Crippen LogP contribution is -2.30. The second kappa shape index (κ2) is 8.51. The van der Waals surface area contributed by atoms with Crippen LogP contribution in [0.2, 0.25) is 5.02 Å². The lowest BCUT2D eigenvalue weighted by Gasteiger charge is -2.13. The van der Waals surface area contributed by atoms with Gasteiger partial charge in [0.1, 0.15) is 5.75 Å². The molecular weight excluding hydrogens is 469 g/mol. The molecule has 29 heavy (non-hydrogen) atoms. The van der Waals surface area contributed by atoms with Gasteiger partial charge in [-0.25, -0.2) is 9.18 Å². The highest BCUT2D eigenvalue weighted by Crippen LogP contribution is 2.35. The second-order valence-corrected chi connectivity index (χ2v) is 7.11. The highest BCUT2D eigenvalue weighted by molar-refractivity contribution is 9.10. The maximum absolute atomic E-state index is 15.1. The zero-order chi connectivity index (χ0) is 21.1. The summed E-state index contributed by atoms with van der Waals surface area (Å²) in [5.41, 5.74) is -1.01. The summed E-state index contributed by atoms with van der Waals surface area (Å²) in [4.78, 5) is 25.7. The SMILES string of the molecule is COc1cn(Cc2ccc(Br)c(Oc3cc(Cl)cc(C#N)c3)c2F)c(=O)[nH]c1=O. The molecule has 0 fully saturated rings. The first-order valence-electron chi connectivity index (χ1n) is 8.05. The summed E-state index contributed by atoms with van der Waals surface area (Å²) >= 11 is 9.18. The number of nitriles is 1. The number of H-pyrrole nitrogens is 1. The Morgan fingerprint density at radius 1 is 1.31 bits per heavy atom. The van der Waals surface area contributed by atoms with Crippen LogP contribution in [0, 0.1) is 17.1 Å². The molecule has 0 aliphatic carbocycles. The molecule has 3 rings (SSSR count). The topological polar surface area (TPSA) is 97.1 Å². The minimum absolute atomic E-state index is 0.0819. The molecule has 0 aliphatic rings. The van der Waals surface area contributed by atoms with Crippen molar-refractivity contribution in [3.63, 3.8) is 0 Å². The van der Waals surface area contributed by atoms with Crippen molar-refractivity contribution in [1.82, 2.24) is 9.55 Å². The van der Waals surface area contributed by atoms with Crippen molar-refractivity contribution >= 4 is 27.5 Å². The lowest BCUT2D eigenvalue weighted by molar-refractivity contribution is 0.399. The molecule has 0 saturated heterocycles. The molecule has 1 aromatic heterocycles. The number of ether oxygens (including phenoxy) is 2. The van der Waals surface area contributed by atoms with E-state index in [1.165, 1.54) is 37.6 Å². The van der Waals surface area contributed by atoms with E-state index in [9.17, 15) is 9.59 Å². The first kappa shape index (κ1) is 20.6. The van der Waals surface area contributed by atoms with Gasteiger partial charge < -0.3 is 9.47 Å². The average Bonchev–Trinajstić information content (AvgIpc) is 2.68. The molecule has 0 radical (unpaired) electrons. The number of nitrogens with zero attached hydrogens (tertiary/aromatic N) is 2. The van der Waals surface area contributed by atoms with Crippen molar-refractivity contribution in [2.45, 2.75) is 6.54 Å². The second-order valence-electron chi connectivity index (χ2n) is 5.82. The molecule has 148 valence electrons. The van der Waals surface area contributed by atoms with Crippen LogP contribution in [0.25, 0.3) is 0 Å². The fourth-order valence-corrected chi connectivity index (χ4v) is 3.14. The highest BCUT2D eigenvalue weighted by atomic mass is 79.9. The molecule has 0 amide bonds. The first-order chi connectivity index (χ1) is 13.8. The van der Waals surface area contributed by atoms with Crippen LogP contribution in [0.5, 0.6) is 17.2 Å². The molecule has 0 saturated carbocycles. The van der Waals surface area contributed by atoms with Crippen LogP contribution < -0.4 is 20.7 Å². The normalized spacial score (nSPS) is 10.4. The number of aromatic nitrogens is 2. The smallest absolute Gasteiger partial charge is 0.328 e. The van der Waals surface area contributed by atoms with E-state index in [1.54, 1.807) is 6.07 Å². The van der Waals surface area contributed by atoms with Crippen LogP contribution in [0.1, 0.15) is 11.1 Å². The van der Waals surface area contributed by atoms with Gasteiger partial charge in [-0.3, -0.25) is 14.3 Å². The van der Waals surface area contributed by atoms with Crippen LogP contribution >= 0.6 is 27.5 Å². The van der Waals surface area contributed by atoms with Gasteiger partial charge in [0.15, 0.2) is 11.6 Å². The van der Waals surface area contributed by atoms with Gasteiger partial charge in [-0.1, -0.05) is 17.7 Å². The molecule has 0 bridgehead atoms. The Balaban J connectivity index is 2.00. The standard InChI is InChI=1S/C19H12BrClFN3O4/c1-28-15-9-25(19(27)24-18(15)26)8-11-2-3-14(20)17(16(11)22)29-13-5-10(7-23)4-12(21)6-13/h2-6,9H,8H2,1H3,(H,24,26,27). The first-order valence-corrected chi connectivity index (χ1v) is 9.22. The number of rotatable bonds is 5. The summed E-state index contributed by atoms with van der Waals surface area (Å²) in [6.45, 7) is -0.180. The number of nitrogens with one attached hydrogen (secondary N) is 1. The molecule has 1 heterocycles. The fourth-order valence-electron chi connectivity index (χ4n) is 2.53. The highest BCUT2D eigenvalue weighted by Gasteiger charge is 2.17. The Bertz CT molecular complexity index is 1250. The summed E-state index contributed by atoms with van der Waals surface area (Å²) in [5.74, 6) is -0.775. The van der Waals surface area contributed by atoms with Gasteiger partial charge >= 0.3 is 5.69 Å². The van der Waals surface area contributed by atoms with E-state index in [2.05, 4.69) is 20.9 Å². The molecule has 10 heteroatoms. The van der Waals surface area contributed by atoms with Crippen LogP contribution in [0.4, 0.5) is 4.39 Å². The molecule has 2 aromatic carbocycles. The van der Waals surface area contributed by atoms with Gasteiger partial charge in [-0.05, 0) is 40.2 Å². The van der Waals surface area contributed by atoms with E-state index >= 15 is 4.39 Å². The number of aromatic amines is 1. The van der Waals surface area contributed by atoms with E-state index in [0.29, 0.717) is 4.47 Å². The zero-order valence-electron chi connectivity index (χ0n) is 14.8. The monoisotopic (exact) mass is 479 g/mol. The van der Waals surface area contributed by atoms with Gasteiger partial charge in [0.05, 0.1) is 36.0 Å². The number of halogens is 3. The van der Waals surface area contributed by atoms with E-state index in [0.717, 1.165) is 4.57 Å². The number of hydrogen-bond donors (Lipinski definition) is 1. The largest absolute Gasteiger partial charge is 0.490 e. The summed E-state index contributed by atoms with van der Waals surface area (Å²) in [5, 5.41) is 9.31. The Hall–Kier alpha value is -3.09. The van der Waals surface area contributed by atoms with Crippen molar-refractivity contribution in [3.8, 4) is 23.3 Å². The predicted octanol–water partition coefficient (Wildman–Crippen LogP) is 3.81. The number of methoxy groups -OCH3 is 1. The lowest BCUT2D eigenvalue weighted by atomic mass is 10.2. The maximum atomic E-state index is 15.1. The average molecular weight is 481 g/mol. The van der Waals surface area contributed by atoms with Gasteiger partial charge in [-0.2, -0.15) is 5.26 Å². The van der Waals surface area contributed by atoms with Gasteiger partial charge in [-0.15, -0.1) is 0 Å². The third-order valence-electron chi connectivity index (χ3n) is 3.89. The maximum Gasteiger partial charge on any atom is 0.328 e. The molecule has 0 unspecified atom stereocenters. The van der Waals surface area contributed by atoms with Crippen molar-refractivity contribution in [3.05, 3.63) is 83.8 Å². The van der Waals surface area contributed by atoms with E-state index < -0.39 is 17.1 Å². The van der Waals surface area contributed by atoms with Gasteiger partial charge in [0.2, 0.25) is 5.75 Å². The van der Waals surface area contributed by atoms with Crippen LogP contribution in [0.3, 0.4) is 0 Å². The van der Waals surface area contributed by atoms with Crippen molar-refractivity contribution in [2.24, 2.45) is 0 Å². The molecule has 0 spiro atoms. The fraction of sp³-hybridized carbons (Fsp3) is 0.105. The Labute approximate surface area is 177 Å². The van der Waals surface area contributed by atoms with Gasteiger partial charge in [0.25, 0.3) is 5.56 Å². The molecule has 0 aliphatic heterocycles. The molecular formula is C19H12BrClFN3O4. The Morgan fingerprint density at radius 3 is 2.76 bits per heavy atom. The van der Waals surface area contributed by atoms with Crippen molar-refractivity contribution in [1.29, 1.82) is 5.26 Å². The summed E-state index contributed by atoms with van der Waals surface area (Å²) in [6, 6.07) is 9.27. The Morgan fingerprint density at radius 2 is 2.07 bits per heavy atom. The van der Waals surface area contributed by atoms with E-state index in [4.69, 9.17) is 26.3 Å². The number of benzene rings is 2. The van der Waals surface area contributed by atoms with E-state index in [-0.39, 0.29) is 39.9 Å². The summed E-state index contributed by atoms with van der Waals surface area (Å²) in [7, 11) is 1.28. The van der Waals surface area contributed by atoms with Crippen molar-refractivity contribution in [2.75, 3.05) is 7.11 Å².